The van der Waals surface area contributed by atoms with Gasteiger partial charge in [0.1, 0.15) is 6.61 Å². The Labute approximate surface area is 174 Å². The van der Waals surface area contributed by atoms with Crippen molar-refractivity contribution in [2.45, 2.75) is 67.1 Å². The van der Waals surface area contributed by atoms with Crippen LogP contribution in [0.1, 0.15) is 19.3 Å². The largest absolute Gasteiger partial charge is 0.460 e. The van der Waals surface area contributed by atoms with Gasteiger partial charge in [-0.15, -0.1) is 0 Å². The Morgan fingerprint density at radius 1 is 0.788 bits per heavy atom. The number of ether oxygens (including phenoxy) is 1. The van der Waals surface area contributed by atoms with Gasteiger partial charge in [0.15, 0.2) is 0 Å². The Kier molecular flexibility index (Phi) is 8.87. The van der Waals surface area contributed by atoms with Crippen LogP contribution >= 0.6 is 0 Å². The fourth-order valence-electron chi connectivity index (χ4n) is 2.20. The summed E-state index contributed by atoms with van der Waals surface area (Å²) in [5, 5.41) is 9.26. The highest BCUT2D eigenvalue weighted by molar-refractivity contribution is 5.81. The van der Waals surface area contributed by atoms with Crippen molar-refractivity contribution >= 4 is 5.97 Å². The molecule has 0 aliphatic carbocycles. The third-order valence-corrected chi connectivity index (χ3v) is 4.07. The van der Waals surface area contributed by atoms with Gasteiger partial charge in [0.2, 0.25) is 0 Å². The van der Waals surface area contributed by atoms with E-state index in [9.17, 15) is 75.8 Å². The first kappa shape index (κ1) is 31.1. The van der Waals surface area contributed by atoms with Crippen molar-refractivity contribution in [3.05, 3.63) is 12.7 Å². The van der Waals surface area contributed by atoms with E-state index in [0.29, 0.717) is 6.08 Å². The van der Waals surface area contributed by atoms with Crippen LogP contribution in [0.3, 0.4) is 0 Å². The number of hydrogen-bond donors (Lipinski definition) is 1. The van der Waals surface area contributed by atoms with Crippen LogP contribution in [0, 0.1) is 0 Å². The molecule has 0 amide bonds. The molecule has 0 aliphatic rings. The molecule has 1 atom stereocenters. The lowest BCUT2D eigenvalue weighted by Crippen LogP contribution is -2.75. The van der Waals surface area contributed by atoms with Gasteiger partial charge in [0, 0.05) is 12.5 Å². The highest BCUT2D eigenvalue weighted by Crippen LogP contribution is 2.64. The Bertz CT molecular complexity index is 682. The Hall–Kier alpha value is -1.88. The zero-order valence-electron chi connectivity index (χ0n) is 15.6. The first-order valence-electron chi connectivity index (χ1n) is 8.16. The van der Waals surface area contributed by atoms with Gasteiger partial charge in [0.25, 0.3) is 0 Å². The van der Waals surface area contributed by atoms with Gasteiger partial charge in [-0.2, -0.15) is 61.5 Å². The summed E-state index contributed by atoms with van der Waals surface area (Å²) in [6, 6.07) is 0. The lowest BCUT2D eigenvalue weighted by Gasteiger charge is -2.43. The second kappa shape index (κ2) is 9.40. The molecule has 0 aromatic carbocycles. The van der Waals surface area contributed by atoms with Crippen molar-refractivity contribution in [1.82, 2.24) is 0 Å². The predicted octanol–water partition coefficient (Wildman–Crippen LogP) is 5.62. The van der Waals surface area contributed by atoms with E-state index in [1.165, 1.54) is 0 Å². The molecule has 1 unspecified atom stereocenters. The normalized spacial score (nSPS) is 15.9. The van der Waals surface area contributed by atoms with Crippen molar-refractivity contribution in [3.8, 4) is 0 Å². The summed E-state index contributed by atoms with van der Waals surface area (Å²) in [7, 11) is 0. The number of aliphatic hydroxyl groups excluding tert-OH is 1. The number of esters is 1. The predicted molar refractivity (Wildman–Crippen MR) is 76.8 cm³/mol. The van der Waals surface area contributed by atoms with Crippen LogP contribution in [-0.4, -0.2) is 65.5 Å². The second-order valence-electron chi connectivity index (χ2n) is 6.46. The molecule has 0 aliphatic heterocycles. The van der Waals surface area contributed by atoms with Crippen LogP contribution in [0.2, 0.25) is 0 Å². The van der Waals surface area contributed by atoms with Crippen molar-refractivity contribution < 1.29 is 80.5 Å². The minimum Gasteiger partial charge on any atom is -0.460 e. The third kappa shape index (κ3) is 5.45. The van der Waals surface area contributed by atoms with Crippen LogP contribution in [0.15, 0.2) is 12.7 Å². The highest BCUT2D eigenvalue weighted by Gasteiger charge is 2.95. The first-order valence-corrected chi connectivity index (χ1v) is 8.16. The molecule has 0 fully saturated rings. The molecule has 0 heterocycles. The topological polar surface area (TPSA) is 46.5 Å². The molecule has 0 saturated carbocycles. The minimum absolute atomic E-state index is 0.566. The molecule has 33 heavy (non-hydrogen) atoms. The lowest BCUT2D eigenvalue weighted by molar-refractivity contribution is -0.457. The zero-order chi connectivity index (χ0) is 26.9. The van der Waals surface area contributed by atoms with E-state index < -0.39 is 79.7 Å². The number of hydrogen-bond acceptors (Lipinski definition) is 3. The summed E-state index contributed by atoms with van der Waals surface area (Å²) >= 11 is 0. The molecule has 0 spiro atoms. The van der Waals surface area contributed by atoms with Gasteiger partial charge in [-0.05, 0) is 12.8 Å². The van der Waals surface area contributed by atoms with Crippen molar-refractivity contribution in [3.63, 3.8) is 0 Å². The van der Waals surface area contributed by atoms with E-state index in [-0.39, 0.29) is 0 Å². The zero-order valence-corrected chi connectivity index (χ0v) is 15.6. The standard InChI is InChI=1S/C15H13F15O3/c1-2-8(32)33-6-7(31)4-3-5-9(16,17)11(19,20)13(23,24)12(21,22)10(18,14(25,26)27)15(28,29)30/h2,7,31H,1,3-6H2. The maximum Gasteiger partial charge on any atom is 0.438 e. The van der Waals surface area contributed by atoms with Crippen LogP contribution < -0.4 is 0 Å². The second-order valence-corrected chi connectivity index (χ2v) is 6.46. The van der Waals surface area contributed by atoms with Crippen LogP contribution in [0.5, 0.6) is 0 Å². The number of carbonyl (C=O) groups excluding carboxylic acids is 1. The monoisotopic (exact) mass is 526 g/mol. The molecule has 0 bridgehead atoms. The molecular weight excluding hydrogens is 513 g/mol. The van der Waals surface area contributed by atoms with Crippen molar-refractivity contribution in [1.29, 1.82) is 0 Å². The van der Waals surface area contributed by atoms with Gasteiger partial charge in [-0.1, -0.05) is 6.58 Å². The van der Waals surface area contributed by atoms with E-state index in [0.717, 1.165) is 0 Å². The van der Waals surface area contributed by atoms with E-state index in [1.807, 2.05) is 0 Å². The fraction of sp³-hybridized carbons (Fsp3) is 0.800. The molecule has 0 saturated heterocycles. The fourth-order valence-corrected chi connectivity index (χ4v) is 2.20. The minimum atomic E-state index is -8.46. The molecule has 0 radical (unpaired) electrons. The number of aliphatic hydroxyl groups is 1. The smallest absolute Gasteiger partial charge is 0.438 e. The van der Waals surface area contributed by atoms with Gasteiger partial charge in [-0.25, -0.2) is 9.18 Å². The van der Waals surface area contributed by atoms with E-state index in [2.05, 4.69) is 11.3 Å². The molecule has 3 nitrogen and oxygen atoms in total. The van der Waals surface area contributed by atoms with E-state index >= 15 is 0 Å². The van der Waals surface area contributed by atoms with Crippen molar-refractivity contribution in [2.24, 2.45) is 0 Å². The summed E-state index contributed by atoms with van der Waals surface area (Å²) in [6.07, 6.45) is -22.4. The number of rotatable bonds is 11. The summed E-state index contributed by atoms with van der Waals surface area (Å²) in [5.74, 6) is -31.9. The van der Waals surface area contributed by atoms with Gasteiger partial charge >= 0.3 is 47.7 Å². The van der Waals surface area contributed by atoms with Crippen LogP contribution in [-0.2, 0) is 9.53 Å². The summed E-state index contributed by atoms with van der Waals surface area (Å²) in [4.78, 5) is 10.7. The number of halogens is 15. The average molecular weight is 526 g/mol. The summed E-state index contributed by atoms with van der Waals surface area (Å²) in [6.45, 7) is 1.94. The maximum atomic E-state index is 13.6. The average Bonchev–Trinajstić information content (AvgIpc) is 2.62. The molecule has 0 rings (SSSR count). The van der Waals surface area contributed by atoms with Crippen molar-refractivity contribution in [2.75, 3.05) is 6.61 Å². The molecule has 0 aromatic heterocycles. The Morgan fingerprint density at radius 2 is 1.21 bits per heavy atom. The lowest BCUT2D eigenvalue weighted by atomic mass is 9.85. The Balaban J connectivity index is 5.90. The van der Waals surface area contributed by atoms with Gasteiger partial charge in [0.05, 0.1) is 6.10 Å². The summed E-state index contributed by atoms with van der Waals surface area (Å²) < 4.78 is 200. The van der Waals surface area contributed by atoms with E-state index in [1.54, 1.807) is 0 Å². The number of alkyl halides is 15. The highest BCUT2D eigenvalue weighted by atomic mass is 19.4. The van der Waals surface area contributed by atoms with E-state index in [4.69, 9.17) is 0 Å². The number of carbonyl (C=O) groups is 1. The molecule has 0 aromatic rings. The van der Waals surface area contributed by atoms with Gasteiger partial charge < -0.3 is 9.84 Å². The first-order chi connectivity index (χ1) is 14.3. The third-order valence-electron chi connectivity index (χ3n) is 4.07. The maximum absolute atomic E-state index is 13.6. The molecule has 196 valence electrons. The summed E-state index contributed by atoms with van der Waals surface area (Å²) in [5.41, 5.74) is -8.33. The van der Waals surface area contributed by atoms with Gasteiger partial charge in [-0.3, -0.25) is 0 Å². The molecule has 1 N–H and O–H groups in total. The Morgan fingerprint density at radius 3 is 1.58 bits per heavy atom. The quantitative estimate of drug-likeness (QED) is 0.216. The molecular formula is C15H13F15O3. The van der Waals surface area contributed by atoms with Crippen LogP contribution in [0.4, 0.5) is 65.9 Å². The van der Waals surface area contributed by atoms with Crippen LogP contribution in [0.25, 0.3) is 0 Å². The SMILES string of the molecule is C=CC(=O)OCC(O)CCCC(F)(F)C(F)(F)C(F)(F)C(F)(F)C(F)(C(F)(F)F)C(F)(F)F. The molecule has 18 heteroatoms.